The van der Waals surface area contributed by atoms with Crippen LogP contribution in [-0.2, 0) is 0 Å². The van der Waals surface area contributed by atoms with Crippen LogP contribution in [0, 0.1) is 0 Å². The third-order valence-electron chi connectivity index (χ3n) is 1.90. The van der Waals surface area contributed by atoms with Crippen molar-refractivity contribution in [1.82, 2.24) is 0 Å². The number of benzene rings is 1. The number of phenolic OH excluding ortho intramolecular Hbond substituents is 1. The molecule has 7 heteroatoms. The first kappa shape index (κ1) is 13.1. The fourth-order valence-corrected chi connectivity index (χ4v) is 1.56. The minimum Gasteiger partial charge on any atom is -0.503 e. The summed E-state index contributed by atoms with van der Waals surface area (Å²) in [6.45, 7) is 0. The number of rotatable bonds is 2. The Bertz CT molecular complexity index is 392. The Hall–Kier alpha value is -0.950. The predicted octanol–water partition coefficient (Wildman–Crippen LogP) is 2.76. The minimum absolute atomic E-state index is 0.0187. The molecule has 0 amide bonds. The fraction of sp³-hybridized carbons (Fsp3) is 0.333. The van der Waals surface area contributed by atoms with Crippen LogP contribution in [0.15, 0.2) is 16.6 Å². The molecule has 1 aromatic carbocycles. The van der Waals surface area contributed by atoms with E-state index in [4.69, 9.17) is 5.11 Å². The molecule has 0 aliphatic heterocycles. The third-order valence-corrected chi connectivity index (χ3v) is 2.50. The van der Waals surface area contributed by atoms with E-state index in [0.717, 1.165) is 12.1 Å². The quantitative estimate of drug-likeness (QED) is 0.883. The van der Waals surface area contributed by atoms with Crippen LogP contribution in [0.5, 0.6) is 11.5 Å². The number of halogens is 4. The fourth-order valence-electron chi connectivity index (χ4n) is 1.10. The first-order valence-corrected chi connectivity index (χ1v) is 4.88. The van der Waals surface area contributed by atoms with Gasteiger partial charge in [0.05, 0.1) is 11.6 Å². The Morgan fingerprint density at radius 3 is 2.38 bits per heavy atom. The van der Waals surface area contributed by atoms with E-state index >= 15 is 0 Å². The van der Waals surface area contributed by atoms with Gasteiger partial charge in [0.25, 0.3) is 0 Å². The van der Waals surface area contributed by atoms with Crippen LogP contribution in [0.4, 0.5) is 13.2 Å². The molecule has 0 aromatic heterocycles. The van der Waals surface area contributed by atoms with Crippen molar-refractivity contribution in [2.75, 3.05) is 7.11 Å². The molecule has 1 rings (SSSR count). The number of aliphatic hydroxyl groups is 1. The number of phenols is 1. The van der Waals surface area contributed by atoms with E-state index in [0.29, 0.717) is 0 Å². The molecule has 0 saturated heterocycles. The molecule has 0 fully saturated rings. The first-order valence-electron chi connectivity index (χ1n) is 4.08. The van der Waals surface area contributed by atoms with Crippen molar-refractivity contribution >= 4 is 15.9 Å². The van der Waals surface area contributed by atoms with E-state index in [-0.39, 0.29) is 16.0 Å². The van der Waals surface area contributed by atoms with Crippen LogP contribution in [0.2, 0.25) is 0 Å². The number of hydrogen-bond acceptors (Lipinski definition) is 3. The average molecular weight is 301 g/mol. The van der Waals surface area contributed by atoms with Crippen LogP contribution < -0.4 is 4.74 Å². The zero-order valence-corrected chi connectivity index (χ0v) is 9.63. The molecule has 1 atom stereocenters. The Kier molecular flexibility index (Phi) is 3.69. The van der Waals surface area contributed by atoms with Crippen molar-refractivity contribution in [3.05, 3.63) is 22.2 Å². The summed E-state index contributed by atoms with van der Waals surface area (Å²) < 4.78 is 41.4. The molecule has 2 N–H and O–H groups in total. The van der Waals surface area contributed by atoms with E-state index in [1.165, 1.54) is 7.11 Å². The molecule has 3 nitrogen and oxygen atoms in total. The van der Waals surface area contributed by atoms with Crippen molar-refractivity contribution in [3.63, 3.8) is 0 Å². The number of methoxy groups -OCH3 is 1. The van der Waals surface area contributed by atoms with Crippen molar-refractivity contribution < 1.29 is 28.1 Å². The van der Waals surface area contributed by atoms with Gasteiger partial charge in [0.2, 0.25) is 0 Å². The second kappa shape index (κ2) is 4.50. The lowest BCUT2D eigenvalue weighted by Gasteiger charge is -2.16. The smallest absolute Gasteiger partial charge is 0.418 e. The summed E-state index contributed by atoms with van der Waals surface area (Å²) in [5.41, 5.74) is -0.408. The van der Waals surface area contributed by atoms with Gasteiger partial charge in [0, 0.05) is 0 Å². The van der Waals surface area contributed by atoms with E-state index < -0.39 is 17.8 Å². The number of ether oxygens (including phenoxy) is 1. The highest BCUT2D eigenvalue weighted by atomic mass is 79.9. The second-order valence-electron chi connectivity index (χ2n) is 3.00. The topological polar surface area (TPSA) is 49.7 Å². The average Bonchev–Trinajstić information content (AvgIpc) is 2.19. The van der Waals surface area contributed by atoms with Crippen LogP contribution in [0.3, 0.4) is 0 Å². The second-order valence-corrected chi connectivity index (χ2v) is 3.85. The van der Waals surface area contributed by atoms with Gasteiger partial charge in [-0.05, 0) is 33.6 Å². The Morgan fingerprint density at radius 1 is 1.38 bits per heavy atom. The lowest BCUT2D eigenvalue weighted by atomic mass is 10.1. The highest BCUT2D eigenvalue weighted by Gasteiger charge is 2.39. The van der Waals surface area contributed by atoms with Crippen molar-refractivity contribution in [3.8, 4) is 11.5 Å². The summed E-state index contributed by atoms with van der Waals surface area (Å²) in [7, 11) is 1.20. The molecule has 90 valence electrons. The Labute approximate surface area is 97.6 Å². The molecule has 0 aliphatic rings. The van der Waals surface area contributed by atoms with Gasteiger partial charge in [-0.15, -0.1) is 0 Å². The van der Waals surface area contributed by atoms with Crippen LogP contribution in [0.25, 0.3) is 0 Å². The summed E-state index contributed by atoms with van der Waals surface area (Å²) in [5, 5.41) is 18.4. The molecule has 0 bridgehead atoms. The van der Waals surface area contributed by atoms with Gasteiger partial charge in [-0.3, -0.25) is 0 Å². The maximum absolute atomic E-state index is 12.2. The van der Waals surface area contributed by atoms with E-state index in [9.17, 15) is 18.3 Å². The Morgan fingerprint density at radius 2 is 1.94 bits per heavy atom. The molecule has 16 heavy (non-hydrogen) atoms. The Balaban J connectivity index is 3.21. The minimum atomic E-state index is -4.76. The molecule has 0 aliphatic carbocycles. The van der Waals surface area contributed by atoms with Crippen molar-refractivity contribution in [2.45, 2.75) is 12.3 Å². The monoisotopic (exact) mass is 300 g/mol. The zero-order chi connectivity index (χ0) is 12.5. The van der Waals surface area contributed by atoms with Crippen LogP contribution in [0.1, 0.15) is 11.7 Å². The molecule has 0 radical (unpaired) electrons. The maximum Gasteiger partial charge on any atom is 0.418 e. The van der Waals surface area contributed by atoms with Crippen LogP contribution in [-0.4, -0.2) is 23.5 Å². The van der Waals surface area contributed by atoms with Gasteiger partial charge in [0.15, 0.2) is 17.6 Å². The first-order chi connectivity index (χ1) is 7.27. The normalized spacial score (nSPS) is 13.6. The van der Waals surface area contributed by atoms with E-state index in [1.807, 2.05) is 0 Å². The number of hydrogen-bond donors (Lipinski definition) is 2. The van der Waals surface area contributed by atoms with E-state index in [2.05, 4.69) is 20.7 Å². The number of aliphatic hydroxyl groups excluding tert-OH is 1. The highest BCUT2D eigenvalue weighted by Crippen LogP contribution is 2.40. The summed E-state index contributed by atoms with van der Waals surface area (Å²) in [5.74, 6) is -0.465. The van der Waals surface area contributed by atoms with Crippen LogP contribution >= 0.6 is 15.9 Å². The lowest BCUT2D eigenvalue weighted by Crippen LogP contribution is -2.20. The predicted molar refractivity (Wildman–Crippen MR) is 53.4 cm³/mol. The van der Waals surface area contributed by atoms with Crippen molar-refractivity contribution in [1.29, 1.82) is 0 Å². The molecule has 1 aromatic rings. The molecule has 1 unspecified atom stereocenters. The summed E-state index contributed by atoms with van der Waals surface area (Å²) in [4.78, 5) is 0. The standard InChI is InChI=1S/C9H8BrF3O3/c1-16-6-3-4(2-5(10)7(6)14)8(15)9(11,12)13/h2-3,8,14-15H,1H3. The lowest BCUT2D eigenvalue weighted by molar-refractivity contribution is -0.206. The SMILES string of the molecule is COc1cc(C(O)C(F)(F)F)cc(Br)c1O. The summed E-state index contributed by atoms with van der Waals surface area (Å²) in [6.07, 6.45) is -7.38. The van der Waals surface area contributed by atoms with Gasteiger partial charge in [0.1, 0.15) is 0 Å². The largest absolute Gasteiger partial charge is 0.503 e. The summed E-state index contributed by atoms with van der Waals surface area (Å²) in [6, 6.07) is 1.91. The molecular weight excluding hydrogens is 293 g/mol. The molecule has 0 saturated carbocycles. The van der Waals surface area contributed by atoms with Crippen molar-refractivity contribution in [2.24, 2.45) is 0 Å². The van der Waals surface area contributed by atoms with Gasteiger partial charge in [-0.1, -0.05) is 0 Å². The van der Waals surface area contributed by atoms with E-state index in [1.54, 1.807) is 0 Å². The molecule has 0 heterocycles. The van der Waals surface area contributed by atoms with Gasteiger partial charge in [-0.2, -0.15) is 13.2 Å². The third kappa shape index (κ3) is 2.59. The number of alkyl halides is 3. The summed E-state index contributed by atoms with van der Waals surface area (Å²) >= 11 is 2.86. The zero-order valence-electron chi connectivity index (χ0n) is 8.05. The van der Waals surface area contributed by atoms with Gasteiger partial charge < -0.3 is 14.9 Å². The molecular formula is C9H8BrF3O3. The maximum atomic E-state index is 12.2. The molecule has 0 spiro atoms. The number of aromatic hydroxyl groups is 1. The van der Waals surface area contributed by atoms with Gasteiger partial charge >= 0.3 is 6.18 Å². The highest BCUT2D eigenvalue weighted by molar-refractivity contribution is 9.10. The van der Waals surface area contributed by atoms with Gasteiger partial charge in [-0.25, -0.2) is 0 Å².